The van der Waals surface area contributed by atoms with Crippen LogP contribution in [0.3, 0.4) is 0 Å². The Balaban J connectivity index is 1.79. The molecule has 0 saturated carbocycles. The van der Waals surface area contributed by atoms with E-state index in [-0.39, 0.29) is 12.4 Å². The molecule has 2 rings (SSSR count). The minimum atomic E-state index is -0.0823. The van der Waals surface area contributed by atoms with Crippen LogP contribution in [0.4, 0.5) is 0 Å². The van der Waals surface area contributed by atoms with Gasteiger partial charge in [-0.2, -0.15) is 5.26 Å². The highest BCUT2D eigenvalue weighted by Gasteiger charge is 2.32. The van der Waals surface area contributed by atoms with E-state index in [0.29, 0.717) is 18.9 Å². The smallest absolute Gasteiger partial charge is 0.162 e. The molecule has 3 unspecified atom stereocenters. The Kier molecular flexibility index (Phi) is 3.35. The second-order valence-corrected chi connectivity index (χ2v) is 3.93. The third-order valence-corrected chi connectivity index (χ3v) is 2.81. The zero-order chi connectivity index (χ0) is 9.80. The van der Waals surface area contributed by atoms with E-state index < -0.39 is 0 Å². The number of hydrogen-bond acceptors (Lipinski definition) is 4. The van der Waals surface area contributed by atoms with E-state index in [0.717, 1.165) is 19.5 Å². The predicted octanol–water partition coefficient (Wildman–Crippen LogP) is 0.641. The van der Waals surface area contributed by atoms with Crippen molar-refractivity contribution in [2.24, 2.45) is 5.92 Å². The summed E-state index contributed by atoms with van der Waals surface area (Å²) in [6.07, 6.45) is 2.71. The average Bonchev–Trinajstić information content (AvgIpc) is 2.68. The van der Waals surface area contributed by atoms with Crippen LogP contribution >= 0.6 is 0 Å². The highest BCUT2D eigenvalue weighted by molar-refractivity contribution is 4.82. The molecule has 2 saturated heterocycles. The molecule has 0 aromatic rings. The third kappa shape index (κ3) is 2.24. The Labute approximate surface area is 84.2 Å². The number of nitrogens with one attached hydrogen (secondary N) is 1. The van der Waals surface area contributed by atoms with Gasteiger partial charge in [0, 0.05) is 12.5 Å². The predicted molar refractivity (Wildman–Crippen MR) is 50.4 cm³/mol. The van der Waals surface area contributed by atoms with Gasteiger partial charge in [0.15, 0.2) is 6.29 Å². The molecule has 0 aromatic carbocycles. The highest BCUT2D eigenvalue weighted by Crippen LogP contribution is 2.24. The van der Waals surface area contributed by atoms with Crippen LogP contribution in [0.5, 0.6) is 0 Å². The van der Waals surface area contributed by atoms with E-state index in [1.165, 1.54) is 6.42 Å². The molecular weight excluding hydrogens is 180 g/mol. The Hall–Kier alpha value is -0.630. The molecule has 3 atom stereocenters. The van der Waals surface area contributed by atoms with Gasteiger partial charge in [0.25, 0.3) is 0 Å². The first-order valence-corrected chi connectivity index (χ1v) is 5.25. The number of hydrogen-bond donors (Lipinski definition) is 1. The number of nitriles is 1. The molecule has 0 aliphatic carbocycles. The second kappa shape index (κ2) is 4.74. The van der Waals surface area contributed by atoms with Crippen molar-refractivity contribution < 1.29 is 9.47 Å². The average molecular weight is 196 g/mol. The summed E-state index contributed by atoms with van der Waals surface area (Å²) in [6.45, 7) is 2.66. The molecule has 4 heteroatoms. The summed E-state index contributed by atoms with van der Waals surface area (Å²) < 4.78 is 11.2. The zero-order valence-corrected chi connectivity index (χ0v) is 8.24. The lowest BCUT2D eigenvalue weighted by Gasteiger charge is -2.26. The summed E-state index contributed by atoms with van der Waals surface area (Å²) in [6, 6.07) is 2.11. The van der Waals surface area contributed by atoms with Crippen LogP contribution in [0.15, 0.2) is 0 Å². The van der Waals surface area contributed by atoms with Crippen molar-refractivity contribution in [2.75, 3.05) is 19.7 Å². The van der Waals surface area contributed by atoms with Crippen molar-refractivity contribution >= 4 is 0 Å². The molecule has 0 aromatic heterocycles. The number of ether oxygens (including phenoxy) is 2. The maximum absolute atomic E-state index is 8.53. The maximum atomic E-state index is 8.53. The first kappa shape index (κ1) is 9.91. The number of nitrogens with zero attached hydrogens (tertiary/aromatic N) is 1. The summed E-state index contributed by atoms with van der Waals surface area (Å²) in [4.78, 5) is 0. The molecular formula is C10H16N2O2. The van der Waals surface area contributed by atoms with Crippen LogP contribution < -0.4 is 5.32 Å². The molecule has 0 spiro atoms. The van der Waals surface area contributed by atoms with E-state index in [1.807, 2.05) is 0 Å². The van der Waals surface area contributed by atoms with Gasteiger partial charge in [0.2, 0.25) is 0 Å². The Morgan fingerprint density at radius 3 is 3.14 bits per heavy atom. The molecule has 2 aliphatic heterocycles. The standard InChI is InChI=1S/C10H16N2O2/c11-4-3-9-7-13-10(14-9)8-2-1-5-12-6-8/h8-10,12H,1-3,5-7H2. The van der Waals surface area contributed by atoms with Crippen LogP contribution in [0.1, 0.15) is 19.3 Å². The van der Waals surface area contributed by atoms with Gasteiger partial charge in [-0.25, -0.2) is 0 Å². The van der Waals surface area contributed by atoms with Gasteiger partial charge < -0.3 is 14.8 Å². The highest BCUT2D eigenvalue weighted by atomic mass is 16.7. The summed E-state index contributed by atoms with van der Waals surface area (Å²) in [5.74, 6) is 0.465. The summed E-state index contributed by atoms with van der Waals surface area (Å²) in [5, 5.41) is 11.9. The first-order valence-electron chi connectivity index (χ1n) is 5.25. The second-order valence-electron chi connectivity index (χ2n) is 3.93. The van der Waals surface area contributed by atoms with Crippen molar-refractivity contribution in [3.05, 3.63) is 0 Å². The fraction of sp³-hybridized carbons (Fsp3) is 0.900. The van der Waals surface area contributed by atoms with Crippen LogP contribution in [-0.4, -0.2) is 32.1 Å². The van der Waals surface area contributed by atoms with E-state index in [4.69, 9.17) is 14.7 Å². The van der Waals surface area contributed by atoms with Crippen LogP contribution in [0.25, 0.3) is 0 Å². The Morgan fingerprint density at radius 2 is 2.43 bits per heavy atom. The summed E-state index contributed by atoms with van der Waals surface area (Å²) >= 11 is 0. The van der Waals surface area contributed by atoms with E-state index in [9.17, 15) is 0 Å². The monoisotopic (exact) mass is 196 g/mol. The quantitative estimate of drug-likeness (QED) is 0.704. The van der Waals surface area contributed by atoms with Crippen molar-refractivity contribution in [3.8, 4) is 6.07 Å². The Morgan fingerprint density at radius 1 is 1.50 bits per heavy atom. The lowest BCUT2D eigenvalue weighted by atomic mass is 9.99. The molecule has 2 heterocycles. The van der Waals surface area contributed by atoms with Crippen LogP contribution in [0, 0.1) is 17.2 Å². The van der Waals surface area contributed by atoms with Gasteiger partial charge in [-0.15, -0.1) is 0 Å². The van der Waals surface area contributed by atoms with E-state index in [1.54, 1.807) is 0 Å². The van der Waals surface area contributed by atoms with Gasteiger partial charge >= 0.3 is 0 Å². The van der Waals surface area contributed by atoms with Gasteiger partial charge in [-0.05, 0) is 19.4 Å². The molecule has 2 aliphatic rings. The first-order chi connectivity index (χ1) is 6.90. The summed E-state index contributed by atoms with van der Waals surface area (Å²) in [5.41, 5.74) is 0. The summed E-state index contributed by atoms with van der Waals surface area (Å²) in [7, 11) is 0. The lowest BCUT2D eigenvalue weighted by molar-refractivity contribution is -0.100. The molecule has 78 valence electrons. The maximum Gasteiger partial charge on any atom is 0.162 e. The topological polar surface area (TPSA) is 54.3 Å². The molecule has 0 amide bonds. The molecule has 1 N–H and O–H groups in total. The van der Waals surface area contributed by atoms with Crippen molar-refractivity contribution in [3.63, 3.8) is 0 Å². The number of rotatable bonds is 2. The fourth-order valence-electron chi connectivity index (χ4n) is 2.04. The normalized spacial score (nSPS) is 38.1. The SMILES string of the molecule is N#CCC1COC(C2CCCNC2)O1. The molecule has 14 heavy (non-hydrogen) atoms. The largest absolute Gasteiger partial charge is 0.350 e. The fourth-order valence-corrected chi connectivity index (χ4v) is 2.04. The third-order valence-electron chi connectivity index (χ3n) is 2.81. The van der Waals surface area contributed by atoms with Gasteiger partial charge in [-0.1, -0.05) is 0 Å². The van der Waals surface area contributed by atoms with Crippen molar-refractivity contribution in [1.29, 1.82) is 5.26 Å². The van der Waals surface area contributed by atoms with E-state index in [2.05, 4.69) is 11.4 Å². The Bertz CT molecular complexity index is 221. The van der Waals surface area contributed by atoms with Gasteiger partial charge in [0.1, 0.15) is 0 Å². The van der Waals surface area contributed by atoms with Gasteiger partial charge in [0.05, 0.1) is 25.2 Å². The molecule has 2 fully saturated rings. The van der Waals surface area contributed by atoms with Crippen LogP contribution in [0.2, 0.25) is 0 Å². The van der Waals surface area contributed by atoms with Gasteiger partial charge in [-0.3, -0.25) is 0 Å². The van der Waals surface area contributed by atoms with E-state index >= 15 is 0 Å². The molecule has 4 nitrogen and oxygen atoms in total. The molecule has 0 radical (unpaired) electrons. The minimum Gasteiger partial charge on any atom is -0.350 e. The van der Waals surface area contributed by atoms with Crippen molar-refractivity contribution in [1.82, 2.24) is 5.32 Å². The minimum absolute atomic E-state index is 0.00748. The lowest BCUT2D eigenvalue weighted by Crippen LogP contribution is -2.37. The van der Waals surface area contributed by atoms with Crippen LogP contribution in [-0.2, 0) is 9.47 Å². The molecule has 0 bridgehead atoms. The van der Waals surface area contributed by atoms with Crippen molar-refractivity contribution in [2.45, 2.75) is 31.7 Å². The number of piperidine rings is 1. The zero-order valence-electron chi connectivity index (χ0n) is 8.24.